The van der Waals surface area contributed by atoms with Crippen LogP contribution in [0, 0.1) is 6.92 Å². The lowest BCUT2D eigenvalue weighted by molar-refractivity contribution is -0.181. The Morgan fingerprint density at radius 3 is 2.50 bits per heavy atom. The van der Waals surface area contributed by atoms with Crippen LogP contribution in [-0.2, 0) is 14.9 Å². The summed E-state index contributed by atoms with van der Waals surface area (Å²) in [6.45, 7) is -0.247. The molecule has 0 atom stereocenters. The second kappa shape index (κ2) is 5.43. The zero-order chi connectivity index (χ0) is 14.0. The molecule has 102 valence electrons. The number of aryl methyl sites for hydroxylation is 1. The molecule has 0 bridgehead atoms. The van der Waals surface area contributed by atoms with Gasteiger partial charge in [-0.25, -0.2) is 8.42 Å². The second-order valence-electron chi connectivity index (χ2n) is 3.40. The summed E-state index contributed by atoms with van der Waals surface area (Å²) in [6, 6.07) is 3.86. The minimum absolute atomic E-state index is 0.200. The summed E-state index contributed by atoms with van der Waals surface area (Å²) < 4.78 is 58.6. The van der Waals surface area contributed by atoms with Crippen LogP contribution in [0.4, 0.5) is 13.2 Å². The van der Waals surface area contributed by atoms with E-state index in [1.54, 1.807) is 0 Å². The van der Waals surface area contributed by atoms with Crippen LogP contribution in [0.1, 0.15) is 5.56 Å². The fraction of sp³-hybridized carbons (Fsp3) is 0.333. The maximum atomic E-state index is 11.8. The van der Waals surface area contributed by atoms with Crippen molar-refractivity contribution >= 4 is 21.6 Å². The van der Waals surface area contributed by atoms with Crippen molar-refractivity contribution in [1.29, 1.82) is 0 Å². The molecule has 0 aliphatic carbocycles. The van der Waals surface area contributed by atoms with Crippen LogP contribution in [0.15, 0.2) is 23.1 Å². The standard InChI is InChI=1S/C9H9ClF3NO3S/c1-6-4-7(10)2-3-8(6)18(15,16)14-17-5-9(11,12)13/h2-4,14H,5H2,1H3. The second-order valence-corrected chi connectivity index (χ2v) is 5.45. The Hall–Kier alpha value is -0.830. The van der Waals surface area contributed by atoms with Crippen LogP contribution < -0.4 is 4.89 Å². The first kappa shape index (κ1) is 15.2. The number of sulfonamides is 1. The number of hydrogen-bond donors (Lipinski definition) is 1. The number of halogens is 4. The number of nitrogens with one attached hydrogen (secondary N) is 1. The molecular weight excluding hydrogens is 295 g/mol. The summed E-state index contributed by atoms with van der Waals surface area (Å²) >= 11 is 5.64. The third kappa shape index (κ3) is 4.45. The van der Waals surface area contributed by atoms with E-state index in [1.165, 1.54) is 30.0 Å². The topological polar surface area (TPSA) is 55.4 Å². The van der Waals surface area contributed by atoms with Crippen LogP contribution in [-0.4, -0.2) is 21.2 Å². The van der Waals surface area contributed by atoms with E-state index in [1.807, 2.05) is 0 Å². The first-order chi connectivity index (χ1) is 8.12. The molecule has 4 nitrogen and oxygen atoms in total. The van der Waals surface area contributed by atoms with E-state index in [9.17, 15) is 21.6 Å². The molecule has 0 fully saturated rings. The monoisotopic (exact) mass is 303 g/mol. The zero-order valence-electron chi connectivity index (χ0n) is 9.08. The minimum Gasteiger partial charge on any atom is -0.277 e. The molecule has 1 rings (SSSR count). The van der Waals surface area contributed by atoms with Gasteiger partial charge in [-0.2, -0.15) is 13.2 Å². The average Bonchev–Trinajstić information content (AvgIpc) is 2.13. The Labute approximate surface area is 107 Å². The summed E-state index contributed by atoms with van der Waals surface area (Å²) in [4.78, 5) is 5.11. The quantitative estimate of drug-likeness (QED) is 0.869. The van der Waals surface area contributed by atoms with Crippen molar-refractivity contribution in [1.82, 2.24) is 4.89 Å². The first-order valence-electron chi connectivity index (χ1n) is 4.58. The molecular formula is C9H9ClF3NO3S. The smallest absolute Gasteiger partial charge is 0.277 e. The molecule has 0 unspecified atom stereocenters. The van der Waals surface area contributed by atoms with Gasteiger partial charge in [0, 0.05) is 5.02 Å². The molecule has 1 aromatic carbocycles. The lowest BCUT2D eigenvalue weighted by atomic mass is 10.2. The molecule has 0 saturated carbocycles. The lowest BCUT2D eigenvalue weighted by Gasteiger charge is -2.10. The molecule has 0 radical (unpaired) electrons. The normalized spacial score (nSPS) is 12.7. The highest BCUT2D eigenvalue weighted by molar-refractivity contribution is 7.89. The summed E-state index contributed by atoms with van der Waals surface area (Å²) in [5.74, 6) is 0. The van der Waals surface area contributed by atoms with Gasteiger partial charge in [-0.15, -0.1) is 0 Å². The van der Waals surface area contributed by atoms with Crippen molar-refractivity contribution in [2.24, 2.45) is 0 Å². The first-order valence-corrected chi connectivity index (χ1v) is 6.44. The van der Waals surface area contributed by atoms with Crippen molar-refractivity contribution in [2.45, 2.75) is 18.0 Å². The van der Waals surface area contributed by atoms with Crippen molar-refractivity contribution in [3.05, 3.63) is 28.8 Å². The van der Waals surface area contributed by atoms with Gasteiger partial charge in [0.15, 0.2) is 6.61 Å². The number of rotatable bonds is 4. The molecule has 0 aliphatic heterocycles. The Balaban J connectivity index is 2.81. The van der Waals surface area contributed by atoms with Gasteiger partial charge in [-0.3, -0.25) is 4.84 Å². The molecule has 0 heterocycles. The van der Waals surface area contributed by atoms with Gasteiger partial charge in [0.25, 0.3) is 10.0 Å². The fourth-order valence-corrected chi connectivity index (χ4v) is 2.41. The highest BCUT2D eigenvalue weighted by atomic mass is 35.5. The lowest BCUT2D eigenvalue weighted by Crippen LogP contribution is -2.30. The van der Waals surface area contributed by atoms with Gasteiger partial charge < -0.3 is 0 Å². The summed E-state index contributed by atoms with van der Waals surface area (Å²) in [5, 5.41) is 0.322. The van der Waals surface area contributed by atoms with Gasteiger partial charge in [0.1, 0.15) is 0 Å². The molecule has 9 heteroatoms. The van der Waals surface area contributed by atoms with E-state index in [2.05, 4.69) is 4.84 Å². The molecule has 1 N–H and O–H groups in total. The van der Waals surface area contributed by atoms with Crippen molar-refractivity contribution in [2.75, 3.05) is 6.61 Å². The predicted molar refractivity (Wildman–Crippen MR) is 58.5 cm³/mol. The summed E-state index contributed by atoms with van der Waals surface area (Å²) in [5.41, 5.74) is 0.297. The van der Waals surface area contributed by atoms with E-state index >= 15 is 0 Å². The third-order valence-corrected chi connectivity index (χ3v) is 3.44. The number of hydrogen-bond acceptors (Lipinski definition) is 3. The highest BCUT2D eigenvalue weighted by Crippen LogP contribution is 2.20. The predicted octanol–water partition coefficient (Wildman–Crippen LogP) is 2.42. The molecule has 1 aromatic rings. The van der Waals surface area contributed by atoms with Gasteiger partial charge >= 0.3 is 6.18 Å². The zero-order valence-corrected chi connectivity index (χ0v) is 10.7. The maximum absolute atomic E-state index is 11.8. The molecule has 18 heavy (non-hydrogen) atoms. The van der Waals surface area contributed by atoms with Crippen LogP contribution in [0.5, 0.6) is 0 Å². The van der Waals surface area contributed by atoms with Crippen molar-refractivity contribution in [3.63, 3.8) is 0 Å². The Kier molecular flexibility index (Phi) is 4.60. The van der Waals surface area contributed by atoms with Gasteiger partial charge in [0.2, 0.25) is 0 Å². The largest absolute Gasteiger partial charge is 0.413 e. The van der Waals surface area contributed by atoms with Gasteiger partial charge in [0.05, 0.1) is 4.90 Å². The summed E-state index contributed by atoms with van der Waals surface area (Å²) in [7, 11) is -4.16. The van der Waals surface area contributed by atoms with Crippen LogP contribution in [0.25, 0.3) is 0 Å². The molecule has 0 saturated heterocycles. The minimum atomic E-state index is -4.61. The Morgan fingerprint density at radius 2 is 2.00 bits per heavy atom. The number of benzene rings is 1. The van der Waals surface area contributed by atoms with Crippen LogP contribution in [0.3, 0.4) is 0 Å². The number of alkyl halides is 3. The fourth-order valence-electron chi connectivity index (χ4n) is 1.15. The van der Waals surface area contributed by atoms with Gasteiger partial charge in [-0.05, 0) is 30.7 Å². The molecule has 0 aliphatic rings. The molecule has 0 amide bonds. The SMILES string of the molecule is Cc1cc(Cl)ccc1S(=O)(=O)NOCC(F)(F)F. The van der Waals surface area contributed by atoms with Crippen LogP contribution >= 0.6 is 11.6 Å². The van der Waals surface area contributed by atoms with E-state index in [4.69, 9.17) is 11.6 Å². The van der Waals surface area contributed by atoms with E-state index in [-0.39, 0.29) is 4.90 Å². The Morgan fingerprint density at radius 1 is 1.39 bits per heavy atom. The van der Waals surface area contributed by atoms with E-state index in [0.29, 0.717) is 10.6 Å². The summed E-state index contributed by atoms with van der Waals surface area (Å²) in [6.07, 6.45) is -4.61. The van der Waals surface area contributed by atoms with E-state index < -0.39 is 22.8 Å². The Bertz CT molecular complexity index is 530. The van der Waals surface area contributed by atoms with Crippen LogP contribution in [0.2, 0.25) is 5.02 Å². The molecule has 0 aromatic heterocycles. The highest BCUT2D eigenvalue weighted by Gasteiger charge is 2.29. The van der Waals surface area contributed by atoms with Gasteiger partial charge in [-0.1, -0.05) is 16.5 Å². The van der Waals surface area contributed by atoms with E-state index in [0.717, 1.165) is 0 Å². The maximum Gasteiger partial charge on any atom is 0.413 e. The third-order valence-electron chi connectivity index (χ3n) is 1.83. The van der Waals surface area contributed by atoms with Crippen molar-refractivity contribution < 1.29 is 26.4 Å². The molecule has 0 spiro atoms. The average molecular weight is 304 g/mol. The van der Waals surface area contributed by atoms with Crippen molar-refractivity contribution in [3.8, 4) is 0 Å².